The zero-order valence-electron chi connectivity index (χ0n) is 11.1. The molecule has 2 aromatic rings. The summed E-state index contributed by atoms with van der Waals surface area (Å²) >= 11 is 0. The van der Waals surface area contributed by atoms with Gasteiger partial charge in [0.1, 0.15) is 18.1 Å². The van der Waals surface area contributed by atoms with Crippen LogP contribution in [0.25, 0.3) is 0 Å². The molecule has 100 valence electrons. The highest BCUT2D eigenvalue weighted by atomic mass is 16.2. The second-order valence-corrected chi connectivity index (χ2v) is 4.19. The van der Waals surface area contributed by atoms with Crippen LogP contribution in [0.2, 0.25) is 0 Å². The Balaban J connectivity index is 2.15. The number of amides is 1. The van der Waals surface area contributed by atoms with Crippen molar-refractivity contribution in [1.29, 1.82) is 0 Å². The number of carbonyl (C=O) groups is 1. The lowest BCUT2D eigenvalue weighted by Crippen LogP contribution is -2.13. The normalized spacial score (nSPS) is 9.50. The van der Waals surface area contributed by atoms with E-state index in [2.05, 4.69) is 22.1 Å². The number of aromatic nitrogens is 1. The van der Waals surface area contributed by atoms with Gasteiger partial charge in [-0.3, -0.25) is 4.79 Å². The molecule has 4 nitrogen and oxygen atoms in total. The van der Waals surface area contributed by atoms with E-state index >= 15 is 0 Å². The minimum absolute atomic E-state index is 0.214. The third-order valence-electron chi connectivity index (χ3n) is 2.57. The smallest absolute Gasteiger partial charge is 0.256 e. The molecule has 2 rings (SSSR count). The number of aliphatic hydroxyl groups excluding tert-OH is 1. The predicted octanol–water partition coefficient (Wildman–Crippen LogP) is 1.99. The molecule has 0 saturated heterocycles. The average molecular weight is 266 g/mol. The largest absolute Gasteiger partial charge is 0.384 e. The zero-order chi connectivity index (χ0) is 14.4. The summed E-state index contributed by atoms with van der Waals surface area (Å²) in [6.45, 7) is 1.71. The van der Waals surface area contributed by atoms with E-state index in [4.69, 9.17) is 5.11 Å². The fraction of sp³-hybridized carbons (Fsp3) is 0.125. The van der Waals surface area contributed by atoms with Crippen molar-refractivity contribution in [2.75, 3.05) is 11.9 Å². The van der Waals surface area contributed by atoms with Crippen LogP contribution in [0.15, 0.2) is 42.5 Å². The van der Waals surface area contributed by atoms with Crippen molar-refractivity contribution in [2.24, 2.45) is 0 Å². The Morgan fingerprint density at radius 3 is 2.85 bits per heavy atom. The quantitative estimate of drug-likeness (QED) is 0.817. The van der Waals surface area contributed by atoms with Gasteiger partial charge in [0, 0.05) is 5.56 Å². The summed E-state index contributed by atoms with van der Waals surface area (Å²) in [5.74, 6) is 5.43. The van der Waals surface area contributed by atoms with Gasteiger partial charge in [-0.25, -0.2) is 4.98 Å². The van der Waals surface area contributed by atoms with Crippen molar-refractivity contribution < 1.29 is 9.90 Å². The average Bonchev–Trinajstić information content (AvgIpc) is 2.45. The van der Waals surface area contributed by atoms with Crippen molar-refractivity contribution in [3.05, 3.63) is 59.3 Å². The molecule has 0 saturated carbocycles. The number of benzene rings is 1. The van der Waals surface area contributed by atoms with E-state index in [0.29, 0.717) is 17.1 Å². The number of anilines is 1. The van der Waals surface area contributed by atoms with Crippen LogP contribution >= 0.6 is 0 Å². The van der Waals surface area contributed by atoms with Gasteiger partial charge in [-0.1, -0.05) is 29.7 Å². The third kappa shape index (κ3) is 3.67. The number of aryl methyl sites for hydroxylation is 1. The van der Waals surface area contributed by atoms with Crippen LogP contribution in [0, 0.1) is 18.8 Å². The van der Waals surface area contributed by atoms with Gasteiger partial charge in [0.25, 0.3) is 5.91 Å². The highest BCUT2D eigenvalue weighted by Gasteiger charge is 2.06. The molecule has 0 spiro atoms. The summed E-state index contributed by atoms with van der Waals surface area (Å²) < 4.78 is 0. The Morgan fingerprint density at radius 2 is 2.10 bits per heavy atom. The number of carbonyl (C=O) groups excluding carboxylic acids is 1. The Bertz CT molecular complexity index is 684. The molecular weight excluding hydrogens is 252 g/mol. The number of hydrogen-bond acceptors (Lipinski definition) is 3. The van der Waals surface area contributed by atoms with Crippen molar-refractivity contribution in [3.63, 3.8) is 0 Å². The molecule has 4 heteroatoms. The SMILES string of the molecule is Cc1cccc(C(=O)Nc2cccc(C#CCO)n2)c1. The monoisotopic (exact) mass is 266 g/mol. The molecule has 0 atom stereocenters. The Kier molecular flexibility index (Phi) is 4.48. The van der Waals surface area contributed by atoms with Crippen molar-refractivity contribution in [1.82, 2.24) is 4.98 Å². The molecule has 0 fully saturated rings. The van der Waals surface area contributed by atoms with Gasteiger partial charge in [0.15, 0.2) is 0 Å². The molecule has 0 unspecified atom stereocenters. The van der Waals surface area contributed by atoms with Gasteiger partial charge in [-0.2, -0.15) is 0 Å². The molecular formula is C16H14N2O2. The first kappa shape index (κ1) is 13.8. The highest BCUT2D eigenvalue weighted by Crippen LogP contribution is 2.09. The molecule has 0 aliphatic rings. The van der Waals surface area contributed by atoms with Gasteiger partial charge < -0.3 is 10.4 Å². The second-order valence-electron chi connectivity index (χ2n) is 4.19. The third-order valence-corrected chi connectivity index (χ3v) is 2.57. The minimum Gasteiger partial charge on any atom is -0.384 e. The number of nitrogens with zero attached hydrogens (tertiary/aromatic N) is 1. The fourth-order valence-corrected chi connectivity index (χ4v) is 1.68. The Labute approximate surface area is 117 Å². The molecule has 0 aliphatic carbocycles. The zero-order valence-corrected chi connectivity index (χ0v) is 11.1. The van der Waals surface area contributed by atoms with E-state index in [-0.39, 0.29) is 12.5 Å². The van der Waals surface area contributed by atoms with E-state index in [1.165, 1.54) is 0 Å². The van der Waals surface area contributed by atoms with E-state index in [9.17, 15) is 4.79 Å². The topological polar surface area (TPSA) is 62.2 Å². The fourth-order valence-electron chi connectivity index (χ4n) is 1.68. The van der Waals surface area contributed by atoms with Crippen molar-refractivity contribution >= 4 is 11.7 Å². The minimum atomic E-state index is -0.221. The van der Waals surface area contributed by atoms with Gasteiger partial charge in [-0.05, 0) is 37.1 Å². The van der Waals surface area contributed by atoms with Gasteiger partial charge in [0.05, 0.1) is 0 Å². The summed E-state index contributed by atoms with van der Waals surface area (Å²) in [5.41, 5.74) is 2.10. The summed E-state index contributed by atoms with van der Waals surface area (Å²) in [7, 11) is 0. The molecule has 1 amide bonds. The molecule has 0 radical (unpaired) electrons. The predicted molar refractivity (Wildman–Crippen MR) is 77.3 cm³/mol. The Morgan fingerprint density at radius 1 is 1.30 bits per heavy atom. The molecule has 1 heterocycles. The maximum absolute atomic E-state index is 12.1. The van der Waals surface area contributed by atoms with Crippen LogP contribution in [0.4, 0.5) is 5.82 Å². The van der Waals surface area contributed by atoms with Crippen LogP contribution < -0.4 is 5.32 Å². The Hall–Kier alpha value is -2.64. The summed E-state index contributed by atoms with van der Waals surface area (Å²) in [5, 5.41) is 11.4. The molecule has 1 aromatic carbocycles. The van der Waals surface area contributed by atoms with Crippen LogP contribution in [-0.4, -0.2) is 22.6 Å². The molecule has 2 N–H and O–H groups in total. The highest BCUT2D eigenvalue weighted by molar-refractivity contribution is 6.03. The van der Waals surface area contributed by atoms with Gasteiger partial charge in [0.2, 0.25) is 0 Å². The lowest BCUT2D eigenvalue weighted by Gasteiger charge is -2.05. The summed E-state index contributed by atoms with van der Waals surface area (Å²) in [4.78, 5) is 16.2. The molecule has 0 bridgehead atoms. The first-order valence-electron chi connectivity index (χ1n) is 6.14. The number of hydrogen-bond donors (Lipinski definition) is 2. The van der Waals surface area contributed by atoms with Crippen LogP contribution in [-0.2, 0) is 0 Å². The van der Waals surface area contributed by atoms with Crippen molar-refractivity contribution in [2.45, 2.75) is 6.92 Å². The van der Waals surface area contributed by atoms with E-state index in [1.54, 1.807) is 24.3 Å². The molecule has 20 heavy (non-hydrogen) atoms. The number of pyridine rings is 1. The number of nitrogens with one attached hydrogen (secondary N) is 1. The number of rotatable bonds is 2. The van der Waals surface area contributed by atoms with Gasteiger partial charge in [-0.15, -0.1) is 0 Å². The summed E-state index contributed by atoms with van der Waals surface area (Å²) in [6, 6.07) is 12.5. The van der Waals surface area contributed by atoms with Crippen LogP contribution in [0.1, 0.15) is 21.6 Å². The maximum atomic E-state index is 12.1. The van der Waals surface area contributed by atoms with Crippen LogP contribution in [0.3, 0.4) is 0 Å². The molecule has 1 aromatic heterocycles. The van der Waals surface area contributed by atoms with E-state index in [0.717, 1.165) is 5.56 Å². The first-order chi connectivity index (χ1) is 9.69. The van der Waals surface area contributed by atoms with E-state index < -0.39 is 0 Å². The van der Waals surface area contributed by atoms with Gasteiger partial charge >= 0.3 is 0 Å². The van der Waals surface area contributed by atoms with Crippen molar-refractivity contribution in [3.8, 4) is 11.8 Å². The standard InChI is InChI=1S/C16H14N2O2/c1-12-5-2-6-13(11-12)16(20)18-15-9-3-7-14(17-15)8-4-10-19/h2-3,5-7,9,11,19H,10H2,1H3,(H,17,18,20). The van der Waals surface area contributed by atoms with E-state index in [1.807, 2.05) is 25.1 Å². The molecule has 0 aliphatic heterocycles. The van der Waals surface area contributed by atoms with Crippen LogP contribution in [0.5, 0.6) is 0 Å². The first-order valence-corrected chi connectivity index (χ1v) is 6.14. The second kappa shape index (κ2) is 6.50. The maximum Gasteiger partial charge on any atom is 0.256 e. The summed E-state index contributed by atoms with van der Waals surface area (Å²) in [6.07, 6.45) is 0. The lowest BCUT2D eigenvalue weighted by atomic mass is 10.1. The lowest BCUT2D eigenvalue weighted by molar-refractivity contribution is 0.102. The number of aliphatic hydroxyl groups is 1.